The van der Waals surface area contributed by atoms with Crippen LogP contribution in [-0.2, 0) is 19.1 Å². The first-order chi connectivity index (χ1) is 14.8. The zero-order chi connectivity index (χ0) is 24.2. The highest BCUT2D eigenvalue weighted by Crippen LogP contribution is 2.25. The molecule has 1 aliphatic rings. The van der Waals surface area contributed by atoms with Gasteiger partial charge in [-0.3, -0.25) is 14.4 Å². The molecule has 2 rings (SSSR count). The van der Waals surface area contributed by atoms with Gasteiger partial charge < -0.3 is 25.8 Å². The van der Waals surface area contributed by atoms with Gasteiger partial charge in [-0.15, -0.1) is 0 Å². The molecule has 0 aromatic heterocycles. The molecule has 32 heavy (non-hydrogen) atoms. The van der Waals surface area contributed by atoms with Gasteiger partial charge in [0, 0.05) is 31.1 Å². The van der Waals surface area contributed by atoms with Crippen molar-refractivity contribution in [3.05, 3.63) is 35.6 Å². The molecule has 1 atom stereocenters. The normalized spacial score (nSPS) is 16.4. The number of hydrogen-bond acceptors (Lipinski definition) is 5. The lowest BCUT2D eigenvalue weighted by Gasteiger charge is -2.35. The fourth-order valence-corrected chi connectivity index (χ4v) is 5.40. The van der Waals surface area contributed by atoms with Crippen molar-refractivity contribution in [2.75, 3.05) is 25.6 Å². The minimum atomic E-state index is -2.29. The maximum atomic E-state index is 14.6. The number of hydrogen-bond donors (Lipinski definition) is 3. The Labute approximate surface area is 186 Å². The molecule has 4 N–H and O–H groups in total. The minimum absolute atomic E-state index is 0.0327. The van der Waals surface area contributed by atoms with Crippen molar-refractivity contribution in [2.24, 2.45) is 11.7 Å². The highest BCUT2D eigenvalue weighted by Gasteiger charge is 2.37. The molecule has 176 valence electrons. The van der Waals surface area contributed by atoms with E-state index in [-0.39, 0.29) is 16.8 Å². The third-order valence-corrected chi connectivity index (χ3v) is 7.25. The molecule has 1 heterocycles. The van der Waals surface area contributed by atoms with Gasteiger partial charge in [0.25, 0.3) is 5.91 Å². The van der Waals surface area contributed by atoms with Crippen LogP contribution < -0.4 is 16.2 Å². The molecule has 0 bridgehead atoms. The molecule has 8 nitrogen and oxygen atoms in total. The standard InChI is InChI=1S/C21H29F2N3O5Si/c1-26(21(30)16(27)11-17(24)28)18(12-5-7-31-8-6-12)20(29)25-13-9-14(22)19(15(23)10-13)32(2,3)4/h9-12,18,27H,5-8H2,1-4H3,(H2,24,28)(H,25,29)/b16-11-. The number of carbonyl (C=O) groups is 3. The van der Waals surface area contributed by atoms with E-state index < -0.39 is 49.2 Å². The van der Waals surface area contributed by atoms with Gasteiger partial charge in [-0.1, -0.05) is 19.6 Å². The summed E-state index contributed by atoms with van der Waals surface area (Å²) >= 11 is 0. The topological polar surface area (TPSA) is 122 Å². The van der Waals surface area contributed by atoms with E-state index in [1.54, 1.807) is 19.6 Å². The van der Waals surface area contributed by atoms with Crippen LogP contribution in [0.5, 0.6) is 0 Å². The van der Waals surface area contributed by atoms with E-state index in [0.29, 0.717) is 32.1 Å². The van der Waals surface area contributed by atoms with E-state index in [1.807, 2.05) is 0 Å². The quantitative estimate of drug-likeness (QED) is 0.318. The molecule has 3 amide bonds. The van der Waals surface area contributed by atoms with Gasteiger partial charge >= 0.3 is 0 Å². The second-order valence-electron chi connectivity index (χ2n) is 8.80. The fourth-order valence-electron chi connectivity index (χ4n) is 3.82. The van der Waals surface area contributed by atoms with Gasteiger partial charge in [-0.25, -0.2) is 8.78 Å². The second-order valence-corrected chi connectivity index (χ2v) is 13.8. The zero-order valence-electron chi connectivity index (χ0n) is 18.6. The van der Waals surface area contributed by atoms with E-state index in [4.69, 9.17) is 10.5 Å². The van der Waals surface area contributed by atoms with Gasteiger partial charge in [0.15, 0.2) is 5.76 Å². The average molecular weight is 470 g/mol. The lowest BCUT2D eigenvalue weighted by molar-refractivity contribution is -0.139. The van der Waals surface area contributed by atoms with E-state index in [0.717, 1.165) is 17.0 Å². The Balaban J connectivity index is 2.35. The number of amides is 3. The van der Waals surface area contributed by atoms with Crippen LogP contribution in [0.2, 0.25) is 19.6 Å². The molecule has 1 unspecified atom stereocenters. The molecule has 0 radical (unpaired) electrons. The Kier molecular flexibility index (Phi) is 8.13. The number of nitrogens with zero attached hydrogens (tertiary/aromatic N) is 1. The van der Waals surface area contributed by atoms with E-state index in [1.165, 1.54) is 7.05 Å². The number of anilines is 1. The van der Waals surface area contributed by atoms with Crippen LogP contribution in [-0.4, -0.2) is 62.1 Å². The predicted molar refractivity (Wildman–Crippen MR) is 118 cm³/mol. The Hall–Kier alpha value is -2.79. The maximum absolute atomic E-state index is 14.6. The monoisotopic (exact) mass is 469 g/mol. The van der Waals surface area contributed by atoms with Crippen LogP contribution in [0.25, 0.3) is 0 Å². The van der Waals surface area contributed by atoms with E-state index >= 15 is 0 Å². The molecule has 1 aromatic carbocycles. The fraction of sp³-hybridized carbons (Fsp3) is 0.476. The first kappa shape index (κ1) is 25.5. The van der Waals surface area contributed by atoms with E-state index in [2.05, 4.69) is 5.32 Å². The number of rotatable bonds is 7. The molecule has 1 aromatic rings. The smallest absolute Gasteiger partial charge is 0.289 e. The average Bonchev–Trinajstić information content (AvgIpc) is 2.66. The summed E-state index contributed by atoms with van der Waals surface area (Å²) in [5, 5.41) is 12.4. The number of carbonyl (C=O) groups excluding carboxylic acids is 3. The molecule has 11 heteroatoms. The van der Waals surface area contributed by atoms with Crippen molar-refractivity contribution in [2.45, 2.75) is 38.5 Å². The number of halogens is 2. The highest BCUT2D eigenvalue weighted by molar-refractivity contribution is 6.88. The molecule has 1 saturated heterocycles. The Morgan fingerprint density at radius 2 is 1.75 bits per heavy atom. The lowest BCUT2D eigenvalue weighted by Crippen LogP contribution is -2.51. The zero-order valence-corrected chi connectivity index (χ0v) is 19.6. The van der Waals surface area contributed by atoms with Crippen molar-refractivity contribution in [1.82, 2.24) is 4.90 Å². The largest absolute Gasteiger partial charge is 0.503 e. The van der Waals surface area contributed by atoms with Crippen LogP contribution in [0.1, 0.15) is 12.8 Å². The summed E-state index contributed by atoms with van der Waals surface area (Å²) < 4.78 is 34.5. The van der Waals surface area contributed by atoms with Crippen LogP contribution in [0, 0.1) is 17.6 Å². The SMILES string of the molecule is CN(C(=O)/C(O)=C/C(N)=O)C(C(=O)Nc1cc(F)c([Si](C)(C)C)c(F)c1)C1CCOCC1. The number of nitrogens with two attached hydrogens (primary N) is 1. The summed E-state index contributed by atoms with van der Waals surface area (Å²) in [6, 6.07) is 1.03. The third-order valence-electron chi connectivity index (χ3n) is 5.28. The Bertz CT molecular complexity index is 903. The van der Waals surface area contributed by atoms with E-state index in [9.17, 15) is 28.3 Å². The first-order valence-corrected chi connectivity index (χ1v) is 13.7. The molecular weight excluding hydrogens is 440 g/mol. The molecule has 1 fully saturated rings. The molecule has 0 saturated carbocycles. The molecule has 0 spiro atoms. The number of aliphatic hydroxyl groups is 1. The van der Waals surface area contributed by atoms with Crippen LogP contribution >= 0.6 is 0 Å². The third kappa shape index (κ3) is 6.13. The van der Waals surface area contributed by atoms with Gasteiger partial charge in [-0.2, -0.15) is 0 Å². The van der Waals surface area contributed by atoms with Gasteiger partial charge in [0.1, 0.15) is 17.7 Å². The van der Waals surface area contributed by atoms with Gasteiger partial charge in [0.05, 0.1) is 14.1 Å². The number of primary amides is 1. The number of benzene rings is 1. The maximum Gasteiger partial charge on any atom is 0.289 e. The van der Waals surface area contributed by atoms with Crippen molar-refractivity contribution in [1.29, 1.82) is 0 Å². The molecule has 0 aliphatic carbocycles. The summed E-state index contributed by atoms with van der Waals surface area (Å²) in [6.45, 7) is 6.16. The van der Waals surface area contributed by atoms with Crippen LogP contribution in [0.4, 0.5) is 14.5 Å². The highest BCUT2D eigenvalue weighted by atomic mass is 28.3. The summed E-state index contributed by atoms with van der Waals surface area (Å²) in [5.74, 6) is -5.43. The Morgan fingerprint density at radius 1 is 1.22 bits per heavy atom. The lowest BCUT2D eigenvalue weighted by atomic mass is 9.90. The van der Waals surface area contributed by atoms with Crippen LogP contribution in [0.15, 0.2) is 24.0 Å². The van der Waals surface area contributed by atoms with Crippen molar-refractivity contribution >= 4 is 36.7 Å². The van der Waals surface area contributed by atoms with Crippen molar-refractivity contribution in [3.63, 3.8) is 0 Å². The van der Waals surface area contributed by atoms with Crippen molar-refractivity contribution in [3.8, 4) is 0 Å². The Morgan fingerprint density at radius 3 is 2.22 bits per heavy atom. The van der Waals surface area contributed by atoms with Gasteiger partial charge in [0.2, 0.25) is 11.8 Å². The first-order valence-electron chi connectivity index (χ1n) is 10.2. The summed E-state index contributed by atoms with van der Waals surface area (Å²) in [4.78, 5) is 37.7. The number of ether oxygens (including phenoxy) is 1. The summed E-state index contributed by atoms with van der Waals surface area (Å²) in [6.07, 6.45) is 1.46. The molecule has 1 aliphatic heterocycles. The van der Waals surface area contributed by atoms with Crippen molar-refractivity contribution < 1.29 is 33.0 Å². The number of nitrogens with one attached hydrogen (secondary N) is 1. The second kappa shape index (κ2) is 10.2. The predicted octanol–water partition coefficient (Wildman–Crippen LogP) is 1.63. The number of likely N-dealkylation sites (N-methyl/N-ethyl adjacent to an activating group) is 1. The summed E-state index contributed by atoms with van der Waals surface area (Å²) in [5.41, 5.74) is 4.89. The number of aliphatic hydroxyl groups excluding tert-OH is 1. The summed E-state index contributed by atoms with van der Waals surface area (Å²) in [7, 11) is -1.000. The minimum Gasteiger partial charge on any atom is -0.503 e. The van der Waals surface area contributed by atoms with Crippen LogP contribution in [0.3, 0.4) is 0 Å². The molecular formula is C21H29F2N3O5Si. The van der Waals surface area contributed by atoms with Gasteiger partial charge in [-0.05, 0) is 30.9 Å².